The summed E-state index contributed by atoms with van der Waals surface area (Å²) in [6.45, 7) is 2.02. The monoisotopic (exact) mass is 414 g/mol. The average Bonchev–Trinajstić information content (AvgIpc) is 2.70. The fourth-order valence-electron chi connectivity index (χ4n) is 3.97. The lowest BCUT2D eigenvalue weighted by Gasteiger charge is -2.21. The van der Waals surface area contributed by atoms with Crippen LogP contribution in [0, 0.1) is 29.1 Å². The molecule has 0 fully saturated rings. The van der Waals surface area contributed by atoms with E-state index in [-0.39, 0.29) is 35.3 Å². The third-order valence-electron chi connectivity index (χ3n) is 5.47. The lowest BCUT2D eigenvalue weighted by molar-refractivity contribution is 0.508. The van der Waals surface area contributed by atoms with Gasteiger partial charge in [-0.1, -0.05) is 37.6 Å². The maximum Gasteiger partial charge on any atom is 0.159 e. The Balaban J connectivity index is 1.71. The molecule has 0 heterocycles. The lowest BCUT2D eigenvalue weighted by atomic mass is 9.85. The van der Waals surface area contributed by atoms with Crippen LogP contribution < -0.4 is 0 Å². The topological polar surface area (TPSA) is 0 Å². The summed E-state index contributed by atoms with van der Waals surface area (Å²) in [6.07, 6.45) is 3.76. The number of aryl methyl sites for hydroxylation is 1. The van der Waals surface area contributed by atoms with Crippen LogP contribution >= 0.6 is 0 Å². The van der Waals surface area contributed by atoms with Crippen LogP contribution in [0.15, 0.2) is 48.5 Å². The van der Waals surface area contributed by atoms with Gasteiger partial charge in [0.2, 0.25) is 0 Å². The van der Waals surface area contributed by atoms with Gasteiger partial charge in [-0.15, -0.1) is 0 Å². The minimum absolute atomic E-state index is 0.0703. The van der Waals surface area contributed by atoms with Crippen LogP contribution in [0.25, 0.3) is 16.7 Å². The maximum atomic E-state index is 15.1. The van der Waals surface area contributed by atoms with Crippen molar-refractivity contribution in [1.82, 2.24) is 0 Å². The fraction of sp³-hybridized carbons (Fsp3) is 0.200. The molecule has 30 heavy (non-hydrogen) atoms. The zero-order valence-electron chi connectivity index (χ0n) is 16.3. The number of benzene rings is 3. The van der Waals surface area contributed by atoms with Crippen molar-refractivity contribution in [3.05, 3.63) is 99.9 Å². The smallest absolute Gasteiger partial charge is 0.159 e. The van der Waals surface area contributed by atoms with Crippen LogP contribution in [-0.4, -0.2) is 0 Å². The number of halogens is 5. The van der Waals surface area contributed by atoms with Crippen molar-refractivity contribution in [3.63, 3.8) is 0 Å². The highest BCUT2D eigenvalue weighted by molar-refractivity contribution is 5.74. The van der Waals surface area contributed by atoms with Crippen molar-refractivity contribution in [2.24, 2.45) is 0 Å². The van der Waals surface area contributed by atoms with E-state index >= 15 is 4.39 Å². The molecule has 0 bridgehead atoms. The van der Waals surface area contributed by atoms with Gasteiger partial charge in [-0.05, 0) is 71.4 Å². The van der Waals surface area contributed by atoms with E-state index in [1.807, 2.05) is 13.0 Å². The summed E-state index contributed by atoms with van der Waals surface area (Å²) in [5, 5.41) is 0. The van der Waals surface area contributed by atoms with Crippen molar-refractivity contribution in [2.45, 2.75) is 32.6 Å². The summed E-state index contributed by atoms with van der Waals surface area (Å²) in [7, 11) is 0. The molecule has 0 amide bonds. The normalized spacial score (nSPS) is 13.2. The Bertz CT molecular complexity index is 1160. The molecule has 154 valence electrons. The van der Waals surface area contributed by atoms with Gasteiger partial charge in [0.05, 0.1) is 5.56 Å². The highest BCUT2D eigenvalue weighted by atomic mass is 19.2. The number of fused-ring (bicyclic) bond motifs is 1. The van der Waals surface area contributed by atoms with Crippen molar-refractivity contribution < 1.29 is 22.0 Å². The van der Waals surface area contributed by atoms with Gasteiger partial charge in [0.25, 0.3) is 0 Å². The van der Waals surface area contributed by atoms with Crippen LogP contribution in [0.2, 0.25) is 0 Å². The van der Waals surface area contributed by atoms with Crippen molar-refractivity contribution in [3.8, 4) is 11.1 Å². The largest absolute Gasteiger partial charge is 0.206 e. The van der Waals surface area contributed by atoms with Gasteiger partial charge in [-0.3, -0.25) is 0 Å². The minimum Gasteiger partial charge on any atom is -0.206 e. The van der Waals surface area contributed by atoms with Crippen LogP contribution in [-0.2, 0) is 19.3 Å². The summed E-state index contributed by atoms with van der Waals surface area (Å²) >= 11 is 0. The highest BCUT2D eigenvalue weighted by Gasteiger charge is 2.24. The Morgan fingerprint density at radius 3 is 2.30 bits per heavy atom. The molecule has 0 nitrogen and oxygen atoms in total. The third-order valence-corrected chi connectivity index (χ3v) is 5.47. The molecule has 3 aromatic rings. The first-order valence-electron chi connectivity index (χ1n) is 9.82. The lowest BCUT2D eigenvalue weighted by Crippen LogP contribution is -2.09. The Morgan fingerprint density at radius 2 is 1.60 bits per heavy atom. The van der Waals surface area contributed by atoms with E-state index in [1.54, 1.807) is 12.1 Å². The summed E-state index contributed by atoms with van der Waals surface area (Å²) in [6, 6.07) is 9.04. The predicted octanol–water partition coefficient (Wildman–Crippen LogP) is 7.18. The Morgan fingerprint density at radius 1 is 0.800 bits per heavy atom. The zero-order chi connectivity index (χ0) is 21.4. The van der Waals surface area contributed by atoms with E-state index in [4.69, 9.17) is 0 Å². The molecule has 3 aromatic carbocycles. The van der Waals surface area contributed by atoms with E-state index in [2.05, 4.69) is 0 Å². The standard InChI is InChI=1S/C25H19F5/c1-2-3-14-4-7-18(21(27)10-14)15-5-8-19-17(11-15)13-23(29)24(25(19)30)16-6-9-20(26)22(28)12-16/h4-7,9-10,12-13H,2-3,8,11H2,1H3. The molecule has 0 N–H and O–H groups in total. The zero-order valence-corrected chi connectivity index (χ0v) is 16.3. The molecule has 1 aliphatic rings. The second-order valence-corrected chi connectivity index (χ2v) is 7.49. The molecule has 0 aromatic heterocycles. The van der Waals surface area contributed by atoms with Gasteiger partial charge >= 0.3 is 0 Å². The number of rotatable bonds is 4. The van der Waals surface area contributed by atoms with Gasteiger partial charge in [-0.2, -0.15) is 0 Å². The first-order valence-corrected chi connectivity index (χ1v) is 9.82. The molecule has 0 unspecified atom stereocenters. The summed E-state index contributed by atoms with van der Waals surface area (Å²) < 4.78 is 71.2. The highest BCUT2D eigenvalue weighted by Crippen LogP contribution is 2.36. The second kappa shape index (κ2) is 8.05. The van der Waals surface area contributed by atoms with Gasteiger partial charge in [0.1, 0.15) is 17.5 Å². The molecular weight excluding hydrogens is 395 g/mol. The Kier molecular flexibility index (Phi) is 5.46. The van der Waals surface area contributed by atoms with Gasteiger partial charge in [-0.25, -0.2) is 22.0 Å². The van der Waals surface area contributed by atoms with Crippen molar-refractivity contribution >= 4 is 5.57 Å². The molecule has 0 aliphatic heterocycles. The van der Waals surface area contributed by atoms with Crippen LogP contribution in [0.1, 0.15) is 35.6 Å². The molecule has 4 rings (SSSR count). The van der Waals surface area contributed by atoms with Gasteiger partial charge in [0.15, 0.2) is 11.6 Å². The summed E-state index contributed by atoms with van der Waals surface area (Å²) in [4.78, 5) is 0. The molecule has 5 heteroatoms. The van der Waals surface area contributed by atoms with Crippen molar-refractivity contribution in [2.75, 3.05) is 0 Å². The minimum atomic E-state index is -1.17. The van der Waals surface area contributed by atoms with Gasteiger partial charge < -0.3 is 0 Å². The fourth-order valence-corrected chi connectivity index (χ4v) is 3.97. The van der Waals surface area contributed by atoms with Crippen LogP contribution in [0.4, 0.5) is 22.0 Å². The Labute approximate surface area is 171 Å². The summed E-state index contributed by atoms with van der Waals surface area (Å²) in [5.41, 5.74) is 2.24. The van der Waals surface area contributed by atoms with E-state index < -0.39 is 23.3 Å². The first kappa shape index (κ1) is 20.3. The predicted molar refractivity (Wildman–Crippen MR) is 107 cm³/mol. The molecule has 0 spiro atoms. The van der Waals surface area contributed by atoms with Crippen LogP contribution in [0.3, 0.4) is 0 Å². The molecule has 0 saturated heterocycles. The molecule has 1 aliphatic carbocycles. The Hall–Kier alpha value is -2.95. The quantitative estimate of drug-likeness (QED) is 0.397. The molecule has 0 radical (unpaired) electrons. The number of hydrogen-bond donors (Lipinski definition) is 0. The van der Waals surface area contributed by atoms with E-state index in [0.717, 1.165) is 36.6 Å². The van der Waals surface area contributed by atoms with E-state index in [9.17, 15) is 17.6 Å². The molecule has 0 saturated carbocycles. The number of hydrogen-bond acceptors (Lipinski definition) is 0. The van der Waals surface area contributed by atoms with Gasteiger partial charge in [0, 0.05) is 5.56 Å². The van der Waals surface area contributed by atoms with Crippen LogP contribution in [0.5, 0.6) is 0 Å². The maximum absolute atomic E-state index is 15.1. The van der Waals surface area contributed by atoms with Crippen molar-refractivity contribution in [1.29, 1.82) is 0 Å². The second-order valence-electron chi connectivity index (χ2n) is 7.49. The number of allylic oxidation sites excluding steroid dienone is 2. The van der Waals surface area contributed by atoms with E-state index in [0.29, 0.717) is 16.7 Å². The van der Waals surface area contributed by atoms with E-state index in [1.165, 1.54) is 12.1 Å². The summed E-state index contributed by atoms with van der Waals surface area (Å²) in [5.74, 6) is -4.28. The molecular formula is C25H19F5. The SMILES string of the molecule is CCCc1ccc(C2=CCc3c(cc(F)c(-c4ccc(F)c(F)c4)c3F)C2)c(F)c1. The molecule has 0 atom stereocenters. The average molecular weight is 414 g/mol. The third kappa shape index (κ3) is 3.64. The first-order chi connectivity index (χ1) is 14.4.